The summed E-state index contributed by atoms with van der Waals surface area (Å²) in [6.07, 6.45) is 0.883. The van der Waals surface area contributed by atoms with Crippen LogP contribution in [-0.4, -0.2) is 54.9 Å². The number of ether oxygens (including phenoxy) is 1. The Hall–Kier alpha value is -0.650. The summed E-state index contributed by atoms with van der Waals surface area (Å²) in [4.78, 5) is 13.7. The van der Waals surface area contributed by atoms with E-state index in [4.69, 9.17) is 15.6 Å². The second kappa shape index (κ2) is 6.05. The molecule has 1 aliphatic heterocycles. The van der Waals surface area contributed by atoms with Gasteiger partial charge in [0.1, 0.15) is 0 Å². The average molecular weight is 216 g/mol. The molecule has 0 bridgehead atoms. The maximum atomic E-state index is 12.0. The lowest BCUT2D eigenvalue weighted by molar-refractivity contribution is -0.136. The molecule has 3 N–H and O–H groups in total. The van der Waals surface area contributed by atoms with Gasteiger partial charge >= 0.3 is 0 Å². The van der Waals surface area contributed by atoms with E-state index < -0.39 is 0 Å². The summed E-state index contributed by atoms with van der Waals surface area (Å²) >= 11 is 0. The predicted octanol–water partition coefficient (Wildman–Crippen LogP) is -0.809. The number of amides is 1. The molecular weight excluding hydrogens is 196 g/mol. The van der Waals surface area contributed by atoms with Crippen molar-refractivity contribution in [1.82, 2.24) is 4.90 Å². The van der Waals surface area contributed by atoms with Crippen molar-refractivity contribution in [2.75, 3.05) is 32.9 Å². The van der Waals surface area contributed by atoms with Crippen molar-refractivity contribution in [3.63, 3.8) is 0 Å². The largest absolute Gasteiger partial charge is 0.395 e. The second-order valence-electron chi connectivity index (χ2n) is 3.86. The van der Waals surface area contributed by atoms with Gasteiger partial charge in [0.15, 0.2) is 0 Å². The monoisotopic (exact) mass is 216 g/mol. The van der Waals surface area contributed by atoms with E-state index in [2.05, 4.69) is 0 Å². The molecule has 1 amide bonds. The smallest absolute Gasteiger partial charge is 0.229 e. The van der Waals surface area contributed by atoms with Gasteiger partial charge in [-0.15, -0.1) is 0 Å². The minimum atomic E-state index is -0.233. The number of nitrogens with two attached hydrogens (primary N) is 1. The Kier molecular flexibility index (Phi) is 5.01. The van der Waals surface area contributed by atoms with Crippen LogP contribution in [0.25, 0.3) is 0 Å². The van der Waals surface area contributed by atoms with Gasteiger partial charge in [0.2, 0.25) is 5.91 Å². The number of aliphatic hydroxyl groups is 1. The van der Waals surface area contributed by atoms with Gasteiger partial charge in [-0.25, -0.2) is 0 Å². The Balaban J connectivity index is 2.54. The predicted molar refractivity (Wildman–Crippen MR) is 56.2 cm³/mol. The molecule has 2 unspecified atom stereocenters. The number of rotatable bonds is 5. The second-order valence-corrected chi connectivity index (χ2v) is 3.86. The Bertz CT molecular complexity index is 205. The molecule has 5 heteroatoms. The Morgan fingerprint density at radius 3 is 2.73 bits per heavy atom. The zero-order valence-electron chi connectivity index (χ0n) is 9.19. The third-order valence-corrected chi connectivity index (χ3v) is 2.62. The Morgan fingerprint density at radius 1 is 1.53 bits per heavy atom. The van der Waals surface area contributed by atoms with Crippen molar-refractivity contribution in [2.24, 2.45) is 11.7 Å². The molecule has 1 saturated heterocycles. The zero-order valence-corrected chi connectivity index (χ0v) is 9.19. The molecule has 1 aliphatic rings. The molecule has 0 radical (unpaired) electrons. The SMILES string of the molecule is CCCN(CCO)C(=O)C1COCC1N. The lowest BCUT2D eigenvalue weighted by Crippen LogP contribution is -2.44. The van der Waals surface area contributed by atoms with E-state index >= 15 is 0 Å². The third kappa shape index (κ3) is 3.15. The van der Waals surface area contributed by atoms with E-state index in [1.807, 2.05) is 6.92 Å². The highest BCUT2D eigenvalue weighted by molar-refractivity contribution is 5.80. The molecular formula is C10H20N2O3. The lowest BCUT2D eigenvalue weighted by Gasteiger charge is -2.25. The minimum absolute atomic E-state index is 0.00540. The summed E-state index contributed by atoms with van der Waals surface area (Å²) in [5.41, 5.74) is 5.78. The molecule has 1 rings (SSSR count). The van der Waals surface area contributed by atoms with Gasteiger partial charge in [0, 0.05) is 19.1 Å². The third-order valence-electron chi connectivity index (χ3n) is 2.62. The number of nitrogens with zero attached hydrogens (tertiary/aromatic N) is 1. The first-order valence-corrected chi connectivity index (χ1v) is 5.43. The van der Waals surface area contributed by atoms with Crippen LogP contribution in [0.3, 0.4) is 0 Å². The van der Waals surface area contributed by atoms with Gasteiger partial charge in [-0.05, 0) is 6.42 Å². The van der Waals surface area contributed by atoms with Crippen LogP contribution in [0.2, 0.25) is 0 Å². The zero-order chi connectivity index (χ0) is 11.3. The number of aliphatic hydroxyl groups excluding tert-OH is 1. The van der Waals surface area contributed by atoms with Crippen molar-refractivity contribution in [3.8, 4) is 0 Å². The van der Waals surface area contributed by atoms with E-state index in [0.717, 1.165) is 6.42 Å². The van der Waals surface area contributed by atoms with Gasteiger partial charge in [0.05, 0.1) is 25.7 Å². The fourth-order valence-corrected chi connectivity index (χ4v) is 1.78. The van der Waals surface area contributed by atoms with Crippen LogP contribution in [0.1, 0.15) is 13.3 Å². The normalized spacial score (nSPS) is 25.5. The van der Waals surface area contributed by atoms with Crippen LogP contribution in [0, 0.1) is 5.92 Å². The lowest BCUT2D eigenvalue weighted by atomic mass is 10.0. The number of hydrogen-bond acceptors (Lipinski definition) is 4. The van der Waals surface area contributed by atoms with E-state index in [1.54, 1.807) is 4.90 Å². The summed E-state index contributed by atoms with van der Waals surface area (Å²) in [5.74, 6) is -0.223. The van der Waals surface area contributed by atoms with Gasteiger partial charge in [-0.2, -0.15) is 0 Å². The fourth-order valence-electron chi connectivity index (χ4n) is 1.78. The molecule has 1 heterocycles. The van der Waals surface area contributed by atoms with Crippen LogP contribution in [0.5, 0.6) is 0 Å². The summed E-state index contributed by atoms with van der Waals surface area (Å²) in [6, 6.07) is -0.199. The Labute approximate surface area is 90.2 Å². The molecule has 0 aliphatic carbocycles. The molecule has 0 spiro atoms. The topological polar surface area (TPSA) is 75.8 Å². The van der Waals surface area contributed by atoms with E-state index in [1.165, 1.54) is 0 Å². The maximum Gasteiger partial charge on any atom is 0.229 e. The molecule has 0 aromatic rings. The highest BCUT2D eigenvalue weighted by Gasteiger charge is 2.33. The van der Waals surface area contributed by atoms with Gasteiger partial charge in [-0.3, -0.25) is 4.79 Å². The van der Waals surface area contributed by atoms with Crippen LogP contribution >= 0.6 is 0 Å². The number of carbonyl (C=O) groups is 1. The molecule has 88 valence electrons. The molecule has 15 heavy (non-hydrogen) atoms. The highest BCUT2D eigenvalue weighted by Crippen LogP contribution is 2.15. The molecule has 0 aromatic carbocycles. The Morgan fingerprint density at radius 2 is 2.27 bits per heavy atom. The average Bonchev–Trinajstić information content (AvgIpc) is 2.63. The number of hydrogen-bond donors (Lipinski definition) is 2. The van der Waals surface area contributed by atoms with Crippen LogP contribution in [-0.2, 0) is 9.53 Å². The van der Waals surface area contributed by atoms with Crippen LogP contribution in [0.15, 0.2) is 0 Å². The summed E-state index contributed by atoms with van der Waals surface area (Å²) in [6.45, 7) is 3.91. The van der Waals surface area contributed by atoms with Crippen molar-refractivity contribution < 1.29 is 14.6 Å². The fraction of sp³-hybridized carbons (Fsp3) is 0.900. The first kappa shape index (κ1) is 12.4. The highest BCUT2D eigenvalue weighted by atomic mass is 16.5. The van der Waals surface area contributed by atoms with E-state index in [0.29, 0.717) is 26.3 Å². The summed E-state index contributed by atoms with van der Waals surface area (Å²) in [5, 5.41) is 8.86. The van der Waals surface area contributed by atoms with Gasteiger partial charge < -0.3 is 20.5 Å². The first-order valence-electron chi connectivity index (χ1n) is 5.43. The summed E-state index contributed by atoms with van der Waals surface area (Å²) < 4.78 is 5.16. The van der Waals surface area contributed by atoms with Crippen molar-refractivity contribution >= 4 is 5.91 Å². The number of carbonyl (C=O) groups excluding carboxylic acids is 1. The molecule has 1 fully saturated rings. The van der Waals surface area contributed by atoms with Crippen molar-refractivity contribution in [3.05, 3.63) is 0 Å². The molecule has 0 saturated carbocycles. The standard InChI is InChI=1S/C10H20N2O3/c1-2-3-12(4-5-13)10(14)8-6-15-7-9(8)11/h8-9,13H,2-7,11H2,1H3. The quantitative estimate of drug-likeness (QED) is 0.630. The van der Waals surface area contributed by atoms with Gasteiger partial charge in [0.25, 0.3) is 0 Å². The van der Waals surface area contributed by atoms with E-state index in [-0.39, 0.29) is 24.5 Å². The molecule has 5 nitrogen and oxygen atoms in total. The maximum absolute atomic E-state index is 12.0. The first-order chi connectivity index (χ1) is 7.20. The van der Waals surface area contributed by atoms with Gasteiger partial charge in [-0.1, -0.05) is 6.92 Å². The van der Waals surface area contributed by atoms with E-state index in [9.17, 15) is 4.79 Å². The molecule has 0 aromatic heterocycles. The molecule has 2 atom stereocenters. The van der Waals surface area contributed by atoms with Crippen LogP contribution in [0.4, 0.5) is 0 Å². The van der Waals surface area contributed by atoms with Crippen molar-refractivity contribution in [2.45, 2.75) is 19.4 Å². The van der Waals surface area contributed by atoms with Crippen molar-refractivity contribution in [1.29, 1.82) is 0 Å². The summed E-state index contributed by atoms with van der Waals surface area (Å²) in [7, 11) is 0. The van der Waals surface area contributed by atoms with Crippen LogP contribution < -0.4 is 5.73 Å². The minimum Gasteiger partial charge on any atom is -0.395 e.